The zero-order chi connectivity index (χ0) is 18.0. The summed E-state index contributed by atoms with van der Waals surface area (Å²) < 4.78 is 0. The molecule has 1 aliphatic carbocycles. The highest BCUT2D eigenvalue weighted by Gasteiger charge is 2.48. The van der Waals surface area contributed by atoms with Crippen molar-refractivity contribution in [1.82, 2.24) is 9.80 Å². The van der Waals surface area contributed by atoms with Gasteiger partial charge in [-0.2, -0.15) is 0 Å². The Kier molecular flexibility index (Phi) is 5.25. The number of rotatable bonds is 3. The molecule has 3 aliphatic rings. The standard InChI is InChI=1S/C21H28N2O2S/c24-19-16-26-21(23(19)15-17-7-3-1-4-8-17)11-13-22(14-12-21)20(25)18-9-5-2-6-10-18/h1,3-4,7-8,18H,2,5-6,9-16H2. The Morgan fingerprint density at radius 2 is 1.77 bits per heavy atom. The monoisotopic (exact) mass is 372 g/mol. The van der Waals surface area contributed by atoms with E-state index >= 15 is 0 Å². The quantitative estimate of drug-likeness (QED) is 0.813. The van der Waals surface area contributed by atoms with Crippen LogP contribution in [0.1, 0.15) is 50.5 Å². The second-order valence-electron chi connectivity index (χ2n) is 7.86. The van der Waals surface area contributed by atoms with Crippen LogP contribution in [0.4, 0.5) is 0 Å². The van der Waals surface area contributed by atoms with E-state index < -0.39 is 0 Å². The van der Waals surface area contributed by atoms with Crippen LogP contribution in [0.5, 0.6) is 0 Å². The smallest absolute Gasteiger partial charge is 0.234 e. The summed E-state index contributed by atoms with van der Waals surface area (Å²) in [5.41, 5.74) is 1.18. The highest BCUT2D eigenvalue weighted by atomic mass is 32.2. The average Bonchev–Trinajstić information content (AvgIpc) is 2.99. The molecule has 0 N–H and O–H groups in total. The fourth-order valence-corrected chi connectivity index (χ4v) is 6.02. The first-order valence-electron chi connectivity index (χ1n) is 9.95. The van der Waals surface area contributed by atoms with Crippen LogP contribution in [0.2, 0.25) is 0 Å². The number of piperidine rings is 1. The van der Waals surface area contributed by atoms with Gasteiger partial charge in [0.15, 0.2) is 0 Å². The number of carbonyl (C=O) groups is 2. The normalized spacial score (nSPS) is 23.6. The number of thioether (sulfide) groups is 1. The molecule has 1 saturated carbocycles. The number of hydrogen-bond donors (Lipinski definition) is 0. The van der Waals surface area contributed by atoms with Crippen molar-refractivity contribution in [2.45, 2.75) is 56.4 Å². The first-order chi connectivity index (χ1) is 12.7. The molecule has 1 aromatic carbocycles. The van der Waals surface area contributed by atoms with Gasteiger partial charge < -0.3 is 9.80 Å². The fraction of sp³-hybridized carbons (Fsp3) is 0.619. The van der Waals surface area contributed by atoms with E-state index in [4.69, 9.17) is 0 Å². The molecule has 5 heteroatoms. The molecule has 2 heterocycles. The van der Waals surface area contributed by atoms with Gasteiger partial charge in [-0.05, 0) is 31.2 Å². The maximum Gasteiger partial charge on any atom is 0.234 e. The lowest BCUT2D eigenvalue weighted by Gasteiger charge is -2.45. The summed E-state index contributed by atoms with van der Waals surface area (Å²) >= 11 is 1.79. The molecule has 4 rings (SSSR count). The minimum atomic E-state index is -0.115. The lowest BCUT2D eigenvalue weighted by atomic mass is 9.87. The molecule has 4 nitrogen and oxygen atoms in total. The Morgan fingerprint density at radius 3 is 2.46 bits per heavy atom. The van der Waals surface area contributed by atoms with Gasteiger partial charge in [0.05, 0.1) is 10.6 Å². The second kappa shape index (κ2) is 7.63. The van der Waals surface area contributed by atoms with Crippen LogP contribution in [-0.2, 0) is 16.1 Å². The van der Waals surface area contributed by atoms with E-state index in [-0.39, 0.29) is 16.7 Å². The largest absolute Gasteiger partial charge is 0.342 e. The number of carbonyl (C=O) groups excluding carboxylic acids is 2. The van der Waals surface area contributed by atoms with E-state index in [9.17, 15) is 9.59 Å². The maximum absolute atomic E-state index is 12.8. The summed E-state index contributed by atoms with van der Waals surface area (Å²) in [4.78, 5) is 29.4. The predicted molar refractivity (Wildman–Crippen MR) is 105 cm³/mol. The summed E-state index contributed by atoms with van der Waals surface area (Å²) in [6.07, 6.45) is 7.60. The summed E-state index contributed by atoms with van der Waals surface area (Å²) in [5.74, 6) is 1.43. The Labute approximate surface area is 160 Å². The Bertz CT molecular complexity index is 649. The van der Waals surface area contributed by atoms with Crippen molar-refractivity contribution in [2.24, 2.45) is 5.92 Å². The molecule has 0 aromatic heterocycles. The third kappa shape index (κ3) is 3.51. The Balaban J connectivity index is 1.41. The Hall–Kier alpha value is -1.49. The second-order valence-corrected chi connectivity index (χ2v) is 9.20. The molecule has 2 saturated heterocycles. The minimum Gasteiger partial charge on any atom is -0.342 e. The van der Waals surface area contributed by atoms with E-state index in [2.05, 4.69) is 21.9 Å². The molecule has 0 radical (unpaired) electrons. The molecule has 140 valence electrons. The van der Waals surface area contributed by atoms with Crippen molar-refractivity contribution in [3.05, 3.63) is 35.9 Å². The highest BCUT2D eigenvalue weighted by Crippen LogP contribution is 2.45. The third-order valence-electron chi connectivity index (χ3n) is 6.25. The van der Waals surface area contributed by atoms with Gasteiger partial charge in [-0.25, -0.2) is 0 Å². The Morgan fingerprint density at radius 1 is 1.08 bits per heavy atom. The number of amides is 2. The number of hydrogen-bond acceptors (Lipinski definition) is 3. The maximum atomic E-state index is 12.8. The molecule has 0 unspecified atom stereocenters. The van der Waals surface area contributed by atoms with E-state index in [1.54, 1.807) is 11.8 Å². The average molecular weight is 373 g/mol. The van der Waals surface area contributed by atoms with E-state index in [0.717, 1.165) is 38.8 Å². The third-order valence-corrected chi connectivity index (χ3v) is 7.81. The van der Waals surface area contributed by atoms with Crippen LogP contribution in [0.15, 0.2) is 30.3 Å². The summed E-state index contributed by atoms with van der Waals surface area (Å²) in [7, 11) is 0. The lowest BCUT2D eigenvalue weighted by Crippen LogP contribution is -2.53. The highest BCUT2D eigenvalue weighted by molar-refractivity contribution is 8.01. The zero-order valence-electron chi connectivity index (χ0n) is 15.4. The van der Waals surface area contributed by atoms with Gasteiger partial charge in [-0.1, -0.05) is 49.6 Å². The number of nitrogens with zero attached hydrogens (tertiary/aromatic N) is 2. The molecule has 2 amide bonds. The van der Waals surface area contributed by atoms with Crippen molar-refractivity contribution >= 4 is 23.6 Å². The van der Waals surface area contributed by atoms with Crippen LogP contribution in [0, 0.1) is 5.92 Å². The topological polar surface area (TPSA) is 40.6 Å². The fourth-order valence-electron chi connectivity index (χ4n) is 4.68. The van der Waals surface area contributed by atoms with Gasteiger partial charge in [0.1, 0.15) is 0 Å². The van der Waals surface area contributed by atoms with E-state index in [0.29, 0.717) is 18.2 Å². The summed E-state index contributed by atoms with van der Waals surface area (Å²) in [6.45, 7) is 2.27. The van der Waals surface area contributed by atoms with Crippen LogP contribution in [0.25, 0.3) is 0 Å². The first kappa shape index (κ1) is 17.9. The summed E-state index contributed by atoms with van der Waals surface area (Å²) in [6, 6.07) is 10.2. The lowest BCUT2D eigenvalue weighted by molar-refractivity contribution is -0.139. The zero-order valence-corrected chi connectivity index (χ0v) is 16.2. The van der Waals surface area contributed by atoms with E-state index in [1.165, 1.54) is 24.8 Å². The van der Waals surface area contributed by atoms with Crippen molar-refractivity contribution in [1.29, 1.82) is 0 Å². The van der Waals surface area contributed by atoms with Crippen LogP contribution in [-0.4, -0.2) is 45.3 Å². The van der Waals surface area contributed by atoms with Gasteiger partial charge in [0, 0.05) is 25.6 Å². The van der Waals surface area contributed by atoms with Crippen LogP contribution < -0.4 is 0 Å². The van der Waals surface area contributed by atoms with Crippen molar-refractivity contribution in [3.8, 4) is 0 Å². The van der Waals surface area contributed by atoms with Gasteiger partial charge in [0.25, 0.3) is 0 Å². The van der Waals surface area contributed by atoms with Gasteiger partial charge in [-0.15, -0.1) is 11.8 Å². The molecule has 2 aliphatic heterocycles. The van der Waals surface area contributed by atoms with Gasteiger partial charge in [0.2, 0.25) is 11.8 Å². The van der Waals surface area contributed by atoms with Gasteiger partial charge in [-0.3, -0.25) is 9.59 Å². The molecule has 26 heavy (non-hydrogen) atoms. The van der Waals surface area contributed by atoms with E-state index in [1.807, 2.05) is 18.2 Å². The van der Waals surface area contributed by atoms with Crippen LogP contribution in [0.3, 0.4) is 0 Å². The van der Waals surface area contributed by atoms with Crippen molar-refractivity contribution in [2.75, 3.05) is 18.8 Å². The van der Waals surface area contributed by atoms with Crippen molar-refractivity contribution < 1.29 is 9.59 Å². The minimum absolute atomic E-state index is 0.115. The molecule has 0 bridgehead atoms. The molecule has 3 fully saturated rings. The van der Waals surface area contributed by atoms with Gasteiger partial charge >= 0.3 is 0 Å². The molecule has 1 aromatic rings. The number of benzene rings is 1. The first-order valence-corrected chi connectivity index (χ1v) is 10.9. The SMILES string of the molecule is O=C(C1CCCCC1)N1CCC2(CC1)SCC(=O)N2Cc1ccccc1. The predicted octanol–water partition coefficient (Wildman–Crippen LogP) is 3.66. The molecular formula is C21H28N2O2S. The molecule has 0 atom stereocenters. The van der Waals surface area contributed by atoms with Crippen LogP contribution >= 0.6 is 11.8 Å². The van der Waals surface area contributed by atoms with Crippen molar-refractivity contribution in [3.63, 3.8) is 0 Å². The molecular weight excluding hydrogens is 344 g/mol. The number of likely N-dealkylation sites (tertiary alicyclic amines) is 1. The summed E-state index contributed by atoms with van der Waals surface area (Å²) in [5, 5.41) is 0. The molecule has 1 spiro atoms.